The van der Waals surface area contributed by atoms with Crippen molar-refractivity contribution in [3.63, 3.8) is 0 Å². The third-order valence-electron chi connectivity index (χ3n) is 3.75. The van der Waals surface area contributed by atoms with Crippen LogP contribution in [0.15, 0.2) is 16.9 Å². The van der Waals surface area contributed by atoms with E-state index in [4.69, 9.17) is 4.74 Å². The molecule has 1 fully saturated rings. The Morgan fingerprint density at radius 3 is 2.70 bits per heavy atom. The van der Waals surface area contributed by atoms with Gasteiger partial charge in [-0.25, -0.2) is 4.79 Å². The maximum absolute atomic E-state index is 12.3. The average molecular weight is 449 g/mol. The minimum absolute atomic E-state index is 0.186. The van der Waals surface area contributed by atoms with Crippen LogP contribution in [0.3, 0.4) is 0 Å². The minimum Gasteiger partial charge on any atom is -0.444 e. The smallest absolute Gasteiger partial charge is 0.410 e. The van der Waals surface area contributed by atoms with Gasteiger partial charge in [-0.2, -0.15) is 0 Å². The van der Waals surface area contributed by atoms with Crippen LogP contribution in [0, 0.1) is 6.92 Å². The second-order valence-electron chi connectivity index (χ2n) is 6.69. The Morgan fingerprint density at radius 2 is 2.09 bits per heavy atom. The molecule has 23 heavy (non-hydrogen) atoms. The fourth-order valence-electron chi connectivity index (χ4n) is 2.58. The first kappa shape index (κ1) is 18.5. The molecule has 0 aromatic carbocycles. The second kappa shape index (κ2) is 7.38. The van der Waals surface area contributed by atoms with Crippen LogP contribution in [0.5, 0.6) is 0 Å². The van der Waals surface area contributed by atoms with Crippen LogP contribution in [0.2, 0.25) is 0 Å². The molecule has 1 aliphatic heterocycles. The van der Waals surface area contributed by atoms with Crippen LogP contribution in [-0.2, 0) is 4.74 Å². The van der Waals surface area contributed by atoms with Crippen molar-refractivity contribution in [3.8, 4) is 0 Å². The molecule has 1 aliphatic rings. The van der Waals surface area contributed by atoms with Gasteiger partial charge in [0.05, 0.1) is 17.9 Å². The molecule has 1 atom stereocenters. The maximum atomic E-state index is 12.3. The molecule has 1 unspecified atom stereocenters. The summed E-state index contributed by atoms with van der Waals surface area (Å²) in [6.07, 6.45) is 3.45. The van der Waals surface area contributed by atoms with E-state index in [0.717, 1.165) is 27.6 Å². The summed E-state index contributed by atoms with van der Waals surface area (Å²) in [5.74, 6) is 0. The summed E-state index contributed by atoms with van der Waals surface area (Å²) in [5.41, 5.74) is 1.80. The lowest BCUT2D eigenvalue weighted by Crippen LogP contribution is -2.56. The lowest BCUT2D eigenvalue weighted by Gasteiger charge is -2.42. The van der Waals surface area contributed by atoms with Gasteiger partial charge in [-0.15, -0.1) is 0 Å². The third-order valence-corrected chi connectivity index (χ3v) is 5.30. The standard InChI is InChI=1S/C16H23Br2N3O2/c1-11-13(18)8-19-9-14(11)21-6-5-20(10-12(21)7-17)15(22)23-16(2,3)4/h8-9,12H,5-7,10H2,1-4H3. The summed E-state index contributed by atoms with van der Waals surface area (Å²) in [6, 6.07) is 0.186. The molecule has 0 N–H and O–H groups in total. The summed E-state index contributed by atoms with van der Waals surface area (Å²) in [7, 11) is 0. The topological polar surface area (TPSA) is 45.7 Å². The average Bonchev–Trinajstić information content (AvgIpc) is 2.48. The Balaban J connectivity index is 2.13. The SMILES string of the molecule is Cc1c(Br)cncc1N1CCN(C(=O)OC(C)(C)C)CC1CBr. The van der Waals surface area contributed by atoms with Gasteiger partial charge in [0.2, 0.25) is 0 Å². The van der Waals surface area contributed by atoms with E-state index < -0.39 is 5.60 Å². The van der Waals surface area contributed by atoms with E-state index in [9.17, 15) is 4.79 Å². The normalized spacial score (nSPS) is 19.0. The lowest BCUT2D eigenvalue weighted by molar-refractivity contribution is 0.0220. The monoisotopic (exact) mass is 447 g/mol. The number of anilines is 1. The van der Waals surface area contributed by atoms with Crippen molar-refractivity contribution in [1.82, 2.24) is 9.88 Å². The molecule has 1 amide bonds. The van der Waals surface area contributed by atoms with Crippen LogP contribution in [0.4, 0.5) is 10.5 Å². The van der Waals surface area contributed by atoms with Crippen LogP contribution in [0.1, 0.15) is 26.3 Å². The highest BCUT2D eigenvalue weighted by Gasteiger charge is 2.32. The first-order valence-electron chi connectivity index (χ1n) is 7.63. The molecule has 0 bridgehead atoms. The minimum atomic E-state index is -0.469. The largest absolute Gasteiger partial charge is 0.444 e. The number of nitrogens with zero attached hydrogens (tertiary/aromatic N) is 3. The van der Waals surface area contributed by atoms with Gasteiger partial charge in [-0.05, 0) is 49.2 Å². The molecule has 0 saturated carbocycles. The fourth-order valence-corrected chi connectivity index (χ4v) is 3.45. The predicted octanol–water partition coefficient (Wildman–Crippen LogP) is 3.97. The van der Waals surface area contributed by atoms with Crippen molar-refractivity contribution in [2.45, 2.75) is 39.3 Å². The number of amides is 1. The number of piperazine rings is 1. The Kier molecular flexibility index (Phi) is 5.94. The van der Waals surface area contributed by atoms with E-state index in [0.29, 0.717) is 13.1 Å². The molecule has 2 rings (SSSR count). The zero-order chi connectivity index (χ0) is 17.2. The van der Waals surface area contributed by atoms with Gasteiger partial charge in [0.25, 0.3) is 0 Å². The summed E-state index contributed by atoms with van der Waals surface area (Å²) in [5, 5.41) is 0.776. The number of rotatable bonds is 2. The highest BCUT2D eigenvalue weighted by Crippen LogP contribution is 2.29. The van der Waals surface area contributed by atoms with Gasteiger partial charge < -0.3 is 14.5 Å². The maximum Gasteiger partial charge on any atom is 0.410 e. The predicted molar refractivity (Wildman–Crippen MR) is 99.4 cm³/mol. The van der Waals surface area contributed by atoms with Crippen molar-refractivity contribution in [2.75, 3.05) is 29.9 Å². The van der Waals surface area contributed by atoms with Gasteiger partial charge in [-0.3, -0.25) is 4.98 Å². The zero-order valence-corrected chi connectivity index (χ0v) is 17.1. The van der Waals surface area contributed by atoms with E-state index in [1.165, 1.54) is 0 Å². The van der Waals surface area contributed by atoms with Crippen molar-refractivity contribution in [3.05, 3.63) is 22.4 Å². The van der Waals surface area contributed by atoms with E-state index in [1.54, 1.807) is 11.1 Å². The summed E-state index contributed by atoms with van der Waals surface area (Å²) in [4.78, 5) is 20.7. The molecule has 5 nitrogen and oxygen atoms in total. The van der Waals surface area contributed by atoms with Crippen molar-refractivity contribution in [2.24, 2.45) is 0 Å². The molecular weight excluding hydrogens is 426 g/mol. The molecule has 1 aromatic heterocycles. The lowest BCUT2D eigenvalue weighted by atomic mass is 10.1. The molecule has 128 valence electrons. The molecular formula is C16H23Br2N3O2. The van der Waals surface area contributed by atoms with Gasteiger partial charge in [0.1, 0.15) is 5.60 Å². The Labute approximate surface area is 154 Å². The Hall–Kier alpha value is -0.820. The molecule has 0 aliphatic carbocycles. The number of carbonyl (C=O) groups excluding carboxylic acids is 1. The van der Waals surface area contributed by atoms with Crippen molar-refractivity contribution in [1.29, 1.82) is 0 Å². The number of pyridine rings is 1. The molecule has 7 heteroatoms. The number of carbonyl (C=O) groups is 1. The van der Waals surface area contributed by atoms with Crippen molar-refractivity contribution >= 4 is 43.6 Å². The second-order valence-corrected chi connectivity index (χ2v) is 8.20. The number of aromatic nitrogens is 1. The highest BCUT2D eigenvalue weighted by atomic mass is 79.9. The first-order chi connectivity index (χ1) is 10.7. The summed E-state index contributed by atoms with van der Waals surface area (Å²) in [6.45, 7) is 9.77. The van der Waals surface area contributed by atoms with Crippen LogP contribution >= 0.6 is 31.9 Å². The quantitative estimate of drug-likeness (QED) is 0.642. The Morgan fingerprint density at radius 1 is 1.39 bits per heavy atom. The van der Waals surface area contributed by atoms with Gasteiger partial charge in [-0.1, -0.05) is 15.9 Å². The third kappa shape index (κ3) is 4.59. The van der Waals surface area contributed by atoms with Gasteiger partial charge >= 0.3 is 6.09 Å². The van der Waals surface area contributed by atoms with E-state index in [2.05, 4.69) is 48.7 Å². The highest BCUT2D eigenvalue weighted by molar-refractivity contribution is 9.10. The number of halogens is 2. The van der Waals surface area contributed by atoms with Gasteiger partial charge in [0, 0.05) is 35.6 Å². The van der Waals surface area contributed by atoms with Crippen LogP contribution < -0.4 is 4.90 Å². The van der Waals surface area contributed by atoms with Crippen LogP contribution in [0.25, 0.3) is 0 Å². The summed E-state index contributed by atoms with van der Waals surface area (Å²) < 4.78 is 6.49. The molecule has 1 aromatic rings. The molecule has 0 spiro atoms. The van der Waals surface area contributed by atoms with Crippen LogP contribution in [-0.4, -0.2) is 52.6 Å². The molecule has 1 saturated heterocycles. The van der Waals surface area contributed by atoms with E-state index in [-0.39, 0.29) is 12.1 Å². The molecule has 0 radical (unpaired) electrons. The number of alkyl halides is 1. The van der Waals surface area contributed by atoms with E-state index >= 15 is 0 Å². The molecule has 2 heterocycles. The Bertz CT molecular complexity index is 575. The number of hydrogen-bond acceptors (Lipinski definition) is 4. The fraction of sp³-hybridized carbons (Fsp3) is 0.625. The zero-order valence-electron chi connectivity index (χ0n) is 14.0. The first-order valence-corrected chi connectivity index (χ1v) is 9.55. The van der Waals surface area contributed by atoms with Crippen molar-refractivity contribution < 1.29 is 9.53 Å². The number of hydrogen-bond donors (Lipinski definition) is 0. The van der Waals surface area contributed by atoms with E-state index in [1.807, 2.05) is 27.0 Å². The number of ether oxygens (including phenoxy) is 1. The van der Waals surface area contributed by atoms with Gasteiger partial charge in [0.15, 0.2) is 0 Å². The summed E-state index contributed by atoms with van der Waals surface area (Å²) >= 11 is 7.11.